The summed E-state index contributed by atoms with van der Waals surface area (Å²) in [5.74, 6) is 0.915. The Bertz CT molecular complexity index is 968. The van der Waals surface area contributed by atoms with Gasteiger partial charge < -0.3 is 9.64 Å². The van der Waals surface area contributed by atoms with E-state index < -0.39 is 0 Å². The third-order valence-electron chi connectivity index (χ3n) is 5.34. The zero-order valence-corrected chi connectivity index (χ0v) is 18.4. The lowest BCUT2D eigenvalue weighted by atomic mass is 10.1. The lowest BCUT2D eigenvalue weighted by Crippen LogP contribution is -2.48. The van der Waals surface area contributed by atoms with Crippen molar-refractivity contribution in [2.24, 2.45) is 0 Å². The van der Waals surface area contributed by atoms with E-state index in [1.807, 2.05) is 59.5 Å². The number of rotatable bonds is 6. The van der Waals surface area contributed by atoms with Crippen molar-refractivity contribution in [1.82, 2.24) is 9.80 Å². The molecule has 0 aliphatic carbocycles. The second-order valence-electron chi connectivity index (χ2n) is 7.47. The van der Waals surface area contributed by atoms with Crippen molar-refractivity contribution in [3.63, 3.8) is 0 Å². The van der Waals surface area contributed by atoms with E-state index in [4.69, 9.17) is 4.74 Å². The summed E-state index contributed by atoms with van der Waals surface area (Å²) in [5, 5.41) is 0. The van der Waals surface area contributed by atoms with Gasteiger partial charge in [0, 0.05) is 38.3 Å². The van der Waals surface area contributed by atoms with Crippen LogP contribution in [0.15, 0.2) is 83.3 Å². The Balaban J connectivity index is 1.28. The quantitative estimate of drug-likeness (QED) is 0.515. The lowest BCUT2D eigenvalue weighted by Gasteiger charge is -2.34. The maximum Gasteiger partial charge on any atom is 0.253 e. The van der Waals surface area contributed by atoms with Crippen LogP contribution in [0.5, 0.6) is 5.75 Å². The Labute approximate surface area is 186 Å². The zero-order chi connectivity index (χ0) is 20.8. The Morgan fingerprint density at radius 1 is 0.800 bits per heavy atom. The van der Waals surface area contributed by atoms with Crippen LogP contribution in [0.25, 0.3) is 0 Å². The van der Waals surface area contributed by atoms with Crippen LogP contribution in [0.4, 0.5) is 0 Å². The van der Waals surface area contributed by atoms with Crippen molar-refractivity contribution in [2.45, 2.75) is 13.2 Å². The predicted molar refractivity (Wildman–Crippen MR) is 123 cm³/mol. The molecular weight excluding hydrogens is 440 g/mol. The van der Waals surface area contributed by atoms with Crippen molar-refractivity contribution >= 4 is 21.8 Å². The average Bonchev–Trinajstić information content (AvgIpc) is 2.80. The molecule has 154 valence electrons. The fourth-order valence-corrected chi connectivity index (χ4v) is 4.00. The standard InChI is InChI=1S/C25H25BrN2O2/c26-23-8-4-5-9-24(23)30-19-21-10-12-22(13-11-21)25(29)28-16-14-27(15-17-28)18-20-6-2-1-3-7-20/h1-13H,14-19H2. The van der Waals surface area contributed by atoms with E-state index >= 15 is 0 Å². The smallest absolute Gasteiger partial charge is 0.253 e. The van der Waals surface area contributed by atoms with Crippen molar-refractivity contribution < 1.29 is 9.53 Å². The van der Waals surface area contributed by atoms with Gasteiger partial charge >= 0.3 is 0 Å². The summed E-state index contributed by atoms with van der Waals surface area (Å²) >= 11 is 3.49. The molecule has 0 saturated carbocycles. The minimum atomic E-state index is 0.104. The van der Waals surface area contributed by atoms with Crippen LogP contribution in [-0.2, 0) is 13.2 Å². The highest BCUT2D eigenvalue weighted by molar-refractivity contribution is 9.10. The maximum atomic E-state index is 12.9. The molecule has 5 heteroatoms. The second-order valence-corrected chi connectivity index (χ2v) is 8.32. The van der Waals surface area contributed by atoms with Gasteiger partial charge in [0.1, 0.15) is 12.4 Å². The topological polar surface area (TPSA) is 32.8 Å². The van der Waals surface area contributed by atoms with E-state index in [0.717, 1.165) is 54.1 Å². The largest absolute Gasteiger partial charge is 0.488 e. The highest BCUT2D eigenvalue weighted by atomic mass is 79.9. The van der Waals surface area contributed by atoms with Gasteiger partial charge in [-0.25, -0.2) is 0 Å². The van der Waals surface area contributed by atoms with Crippen molar-refractivity contribution in [2.75, 3.05) is 26.2 Å². The number of para-hydroxylation sites is 1. The summed E-state index contributed by atoms with van der Waals surface area (Å²) in [5.41, 5.74) is 3.09. The minimum Gasteiger partial charge on any atom is -0.488 e. The van der Waals surface area contributed by atoms with Crippen LogP contribution in [0.3, 0.4) is 0 Å². The third-order valence-corrected chi connectivity index (χ3v) is 6.00. The van der Waals surface area contributed by atoms with Crippen LogP contribution in [-0.4, -0.2) is 41.9 Å². The van der Waals surface area contributed by atoms with E-state index in [9.17, 15) is 4.79 Å². The van der Waals surface area contributed by atoms with Gasteiger partial charge in [0.25, 0.3) is 5.91 Å². The third kappa shape index (κ3) is 5.29. The first-order chi connectivity index (χ1) is 14.7. The summed E-state index contributed by atoms with van der Waals surface area (Å²) in [6.45, 7) is 4.73. The SMILES string of the molecule is O=C(c1ccc(COc2ccccc2Br)cc1)N1CCN(Cc2ccccc2)CC1. The molecule has 4 rings (SSSR count). The molecule has 0 unspecified atom stereocenters. The first kappa shape index (κ1) is 20.6. The number of hydrogen-bond donors (Lipinski definition) is 0. The molecule has 1 aliphatic rings. The molecule has 0 aromatic heterocycles. The fourth-order valence-electron chi connectivity index (χ4n) is 3.60. The molecule has 0 atom stereocenters. The van der Waals surface area contributed by atoms with Gasteiger partial charge in [-0.15, -0.1) is 0 Å². The molecule has 4 nitrogen and oxygen atoms in total. The van der Waals surface area contributed by atoms with E-state index in [1.54, 1.807) is 0 Å². The van der Waals surface area contributed by atoms with Crippen LogP contribution in [0, 0.1) is 0 Å². The van der Waals surface area contributed by atoms with Gasteiger partial charge in [-0.2, -0.15) is 0 Å². The Morgan fingerprint density at radius 2 is 1.47 bits per heavy atom. The fraction of sp³-hybridized carbons (Fsp3) is 0.240. The van der Waals surface area contributed by atoms with E-state index in [1.165, 1.54) is 5.56 Å². The molecule has 1 amide bonds. The summed E-state index contributed by atoms with van der Waals surface area (Å²) < 4.78 is 6.79. The molecular formula is C25H25BrN2O2. The molecule has 1 aliphatic heterocycles. The summed E-state index contributed by atoms with van der Waals surface area (Å²) in [6, 6.07) is 26.0. The second kappa shape index (κ2) is 9.92. The van der Waals surface area contributed by atoms with Gasteiger partial charge in [-0.05, 0) is 51.3 Å². The Morgan fingerprint density at radius 3 is 2.17 bits per heavy atom. The lowest BCUT2D eigenvalue weighted by molar-refractivity contribution is 0.0628. The van der Waals surface area contributed by atoms with Gasteiger partial charge in [-0.3, -0.25) is 9.69 Å². The number of benzene rings is 3. The number of piperazine rings is 1. The summed E-state index contributed by atoms with van der Waals surface area (Å²) in [4.78, 5) is 17.2. The number of nitrogens with zero attached hydrogens (tertiary/aromatic N) is 2. The normalized spacial score (nSPS) is 14.5. The molecule has 3 aromatic carbocycles. The van der Waals surface area contributed by atoms with Crippen LogP contribution in [0.2, 0.25) is 0 Å². The molecule has 0 spiro atoms. The average molecular weight is 465 g/mol. The summed E-state index contributed by atoms with van der Waals surface area (Å²) in [6.07, 6.45) is 0. The Hall–Kier alpha value is -2.63. The molecule has 1 fully saturated rings. The van der Waals surface area contributed by atoms with Gasteiger partial charge in [-0.1, -0.05) is 54.6 Å². The van der Waals surface area contributed by atoms with Gasteiger partial charge in [0.15, 0.2) is 0 Å². The van der Waals surface area contributed by atoms with Crippen LogP contribution in [0.1, 0.15) is 21.5 Å². The number of hydrogen-bond acceptors (Lipinski definition) is 3. The van der Waals surface area contributed by atoms with E-state index in [-0.39, 0.29) is 5.91 Å². The van der Waals surface area contributed by atoms with E-state index in [2.05, 4.69) is 45.1 Å². The molecule has 1 saturated heterocycles. The van der Waals surface area contributed by atoms with Crippen LogP contribution < -0.4 is 4.74 Å². The first-order valence-electron chi connectivity index (χ1n) is 10.2. The van der Waals surface area contributed by atoms with E-state index in [0.29, 0.717) is 6.61 Å². The molecule has 0 radical (unpaired) electrons. The van der Waals surface area contributed by atoms with Crippen LogP contribution >= 0.6 is 15.9 Å². The molecule has 0 bridgehead atoms. The molecule has 3 aromatic rings. The highest BCUT2D eigenvalue weighted by Gasteiger charge is 2.22. The number of amides is 1. The monoisotopic (exact) mass is 464 g/mol. The minimum absolute atomic E-state index is 0.104. The highest BCUT2D eigenvalue weighted by Crippen LogP contribution is 2.24. The zero-order valence-electron chi connectivity index (χ0n) is 16.8. The predicted octanol–water partition coefficient (Wildman–Crippen LogP) is 4.99. The number of halogens is 1. The molecule has 1 heterocycles. The molecule has 0 N–H and O–H groups in total. The van der Waals surface area contributed by atoms with Gasteiger partial charge in [0.05, 0.1) is 4.47 Å². The Kier molecular flexibility index (Phi) is 6.82. The number of carbonyl (C=O) groups is 1. The number of carbonyl (C=O) groups excluding carboxylic acids is 1. The summed E-state index contributed by atoms with van der Waals surface area (Å²) in [7, 11) is 0. The van der Waals surface area contributed by atoms with Crippen molar-refractivity contribution in [3.8, 4) is 5.75 Å². The first-order valence-corrected chi connectivity index (χ1v) is 11.0. The van der Waals surface area contributed by atoms with Gasteiger partial charge in [0.2, 0.25) is 0 Å². The number of ether oxygens (including phenoxy) is 1. The molecule has 30 heavy (non-hydrogen) atoms. The van der Waals surface area contributed by atoms with Crippen molar-refractivity contribution in [3.05, 3.63) is 100 Å². The van der Waals surface area contributed by atoms with Crippen molar-refractivity contribution in [1.29, 1.82) is 0 Å². The maximum absolute atomic E-state index is 12.9.